The SMILES string of the molecule is CC(=O)OCC(=O)[C@@]1(OC(=O)c2ccccc2)CC[C@H]2[C@@H]3C[C@H](C)C4=CC(=O)C=C[C@]4(C)[C@H]3[C@@H](O)C[C@@]21C. The lowest BCUT2D eigenvalue weighted by molar-refractivity contribution is -0.183. The van der Waals surface area contributed by atoms with E-state index >= 15 is 0 Å². The third-order valence-electron chi connectivity index (χ3n) is 10.1. The summed E-state index contributed by atoms with van der Waals surface area (Å²) in [7, 11) is 0. The predicted octanol–water partition coefficient (Wildman–Crippen LogP) is 4.24. The first kappa shape index (κ1) is 26.5. The molecule has 0 radical (unpaired) electrons. The zero-order valence-corrected chi connectivity index (χ0v) is 22.4. The van der Waals surface area contributed by atoms with Crippen LogP contribution in [-0.4, -0.2) is 46.9 Å². The Hall–Kier alpha value is -3.06. The summed E-state index contributed by atoms with van der Waals surface area (Å²) in [4.78, 5) is 51.0. The Bertz CT molecular complexity index is 1230. The molecule has 0 spiro atoms. The average molecular weight is 521 g/mol. The van der Waals surface area contributed by atoms with Gasteiger partial charge in [-0.25, -0.2) is 4.79 Å². The van der Waals surface area contributed by atoms with Crippen molar-refractivity contribution < 1.29 is 33.8 Å². The molecule has 5 rings (SSSR count). The Morgan fingerprint density at radius 3 is 2.53 bits per heavy atom. The van der Waals surface area contributed by atoms with E-state index < -0.39 is 46.9 Å². The number of hydrogen-bond donors (Lipinski definition) is 1. The molecule has 1 aromatic rings. The molecule has 0 heterocycles. The number of hydrogen-bond acceptors (Lipinski definition) is 7. The largest absolute Gasteiger partial charge is 0.458 e. The van der Waals surface area contributed by atoms with Gasteiger partial charge in [0.2, 0.25) is 5.78 Å². The zero-order valence-electron chi connectivity index (χ0n) is 22.4. The second kappa shape index (κ2) is 9.30. The lowest BCUT2D eigenvalue weighted by atomic mass is 9.44. The number of esters is 2. The van der Waals surface area contributed by atoms with Crippen molar-refractivity contribution in [2.24, 2.45) is 34.5 Å². The fraction of sp³-hybridized carbons (Fsp3) is 0.548. The zero-order chi connectivity index (χ0) is 27.5. The van der Waals surface area contributed by atoms with Crippen LogP contribution in [0.15, 0.2) is 54.1 Å². The number of allylic oxidation sites excluding steroid dienone is 4. The Morgan fingerprint density at radius 2 is 1.84 bits per heavy atom. The van der Waals surface area contributed by atoms with Crippen molar-refractivity contribution >= 4 is 23.5 Å². The van der Waals surface area contributed by atoms with Crippen molar-refractivity contribution in [1.29, 1.82) is 0 Å². The molecule has 7 nitrogen and oxygen atoms in total. The van der Waals surface area contributed by atoms with E-state index in [2.05, 4.69) is 13.8 Å². The highest BCUT2D eigenvalue weighted by molar-refractivity contribution is 6.01. The Labute approximate surface area is 223 Å². The van der Waals surface area contributed by atoms with Gasteiger partial charge in [0, 0.05) is 23.7 Å². The molecular formula is C31H36O7. The summed E-state index contributed by atoms with van der Waals surface area (Å²) in [6, 6.07) is 8.54. The van der Waals surface area contributed by atoms with Gasteiger partial charge in [0.15, 0.2) is 18.0 Å². The molecule has 7 heteroatoms. The van der Waals surface area contributed by atoms with Gasteiger partial charge >= 0.3 is 11.9 Å². The fourth-order valence-corrected chi connectivity index (χ4v) is 8.50. The highest BCUT2D eigenvalue weighted by Crippen LogP contribution is 2.68. The molecule has 202 valence electrons. The summed E-state index contributed by atoms with van der Waals surface area (Å²) in [5.74, 6) is -1.63. The van der Waals surface area contributed by atoms with E-state index in [1.54, 1.807) is 42.5 Å². The molecule has 0 aromatic heterocycles. The van der Waals surface area contributed by atoms with Gasteiger partial charge in [-0.05, 0) is 67.7 Å². The number of benzene rings is 1. The number of aliphatic hydroxyl groups excluding tert-OH is 1. The molecule has 0 bridgehead atoms. The van der Waals surface area contributed by atoms with Gasteiger partial charge in [0.1, 0.15) is 0 Å². The number of carbonyl (C=O) groups is 4. The van der Waals surface area contributed by atoms with Crippen LogP contribution in [0.2, 0.25) is 0 Å². The molecule has 0 saturated heterocycles. The molecule has 4 aliphatic carbocycles. The molecule has 8 atom stereocenters. The van der Waals surface area contributed by atoms with Crippen LogP contribution in [0, 0.1) is 34.5 Å². The second-order valence-corrected chi connectivity index (χ2v) is 12.1. The molecule has 38 heavy (non-hydrogen) atoms. The van der Waals surface area contributed by atoms with Crippen LogP contribution < -0.4 is 0 Å². The van der Waals surface area contributed by atoms with Gasteiger partial charge < -0.3 is 14.6 Å². The predicted molar refractivity (Wildman–Crippen MR) is 139 cm³/mol. The van der Waals surface area contributed by atoms with E-state index in [-0.39, 0.29) is 35.9 Å². The van der Waals surface area contributed by atoms with Crippen LogP contribution >= 0.6 is 0 Å². The number of carbonyl (C=O) groups excluding carboxylic acids is 4. The van der Waals surface area contributed by atoms with Crippen molar-refractivity contribution in [3.8, 4) is 0 Å². The maximum Gasteiger partial charge on any atom is 0.339 e. The van der Waals surface area contributed by atoms with Gasteiger partial charge in [0.05, 0.1) is 11.7 Å². The normalized spacial score (nSPS) is 39.3. The summed E-state index contributed by atoms with van der Waals surface area (Å²) in [5.41, 5.74) is -1.48. The number of ketones is 2. The fourth-order valence-electron chi connectivity index (χ4n) is 8.50. The summed E-state index contributed by atoms with van der Waals surface area (Å²) in [6.07, 6.45) is 6.46. The molecule has 0 aliphatic heterocycles. The first-order valence-electron chi connectivity index (χ1n) is 13.5. The van der Waals surface area contributed by atoms with E-state index in [9.17, 15) is 24.3 Å². The van der Waals surface area contributed by atoms with Crippen molar-refractivity contribution in [3.05, 3.63) is 59.7 Å². The molecule has 3 fully saturated rings. The van der Waals surface area contributed by atoms with Crippen LogP contribution in [0.1, 0.15) is 63.7 Å². The minimum Gasteiger partial charge on any atom is -0.458 e. The van der Waals surface area contributed by atoms with Gasteiger partial charge in [-0.3, -0.25) is 14.4 Å². The monoisotopic (exact) mass is 520 g/mol. The lowest BCUT2D eigenvalue weighted by Crippen LogP contribution is -2.63. The minimum atomic E-state index is -1.54. The van der Waals surface area contributed by atoms with Gasteiger partial charge in [-0.2, -0.15) is 0 Å². The van der Waals surface area contributed by atoms with Gasteiger partial charge in [-0.15, -0.1) is 0 Å². The van der Waals surface area contributed by atoms with Crippen molar-refractivity contribution in [1.82, 2.24) is 0 Å². The third kappa shape index (κ3) is 3.89. The van der Waals surface area contributed by atoms with Crippen LogP contribution in [-0.2, 0) is 23.9 Å². The highest BCUT2D eigenvalue weighted by atomic mass is 16.6. The van der Waals surface area contributed by atoms with Gasteiger partial charge in [-0.1, -0.05) is 50.6 Å². The minimum absolute atomic E-state index is 0.00685. The van der Waals surface area contributed by atoms with Crippen LogP contribution in [0.25, 0.3) is 0 Å². The van der Waals surface area contributed by atoms with E-state index in [0.29, 0.717) is 18.4 Å². The molecule has 1 aromatic carbocycles. The first-order valence-corrected chi connectivity index (χ1v) is 13.5. The van der Waals surface area contributed by atoms with Gasteiger partial charge in [0.25, 0.3) is 0 Å². The van der Waals surface area contributed by atoms with E-state index in [1.807, 2.05) is 13.0 Å². The van der Waals surface area contributed by atoms with Crippen LogP contribution in [0.3, 0.4) is 0 Å². The maximum absolute atomic E-state index is 13.9. The average Bonchev–Trinajstić information content (AvgIpc) is 3.16. The molecule has 1 N–H and O–H groups in total. The van der Waals surface area contributed by atoms with Crippen molar-refractivity contribution in [2.45, 2.75) is 65.1 Å². The third-order valence-corrected chi connectivity index (χ3v) is 10.1. The highest BCUT2D eigenvalue weighted by Gasteiger charge is 2.70. The van der Waals surface area contributed by atoms with E-state index in [1.165, 1.54) is 6.92 Å². The number of Topliss-reactive ketones (excluding diaryl/α,β-unsaturated/α-hetero) is 1. The van der Waals surface area contributed by atoms with Crippen LogP contribution in [0.5, 0.6) is 0 Å². The second-order valence-electron chi connectivity index (χ2n) is 12.1. The molecule has 0 unspecified atom stereocenters. The Balaban J connectivity index is 1.55. The smallest absolute Gasteiger partial charge is 0.339 e. The van der Waals surface area contributed by atoms with Crippen molar-refractivity contribution in [2.75, 3.05) is 6.61 Å². The number of aliphatic hydroxyl groups is 1. The Morgan fingerprint density at radius 1 is 1.13 bits per heavy atom. The van der Waals surface area contributed by atoms with E-state index in [0.717, 1.165) is 12.0 Å². The molecule has 4 aliphatic rings. The standard InChI is InChI=1S/C31H36O7/c1-18-14-22-23-11-13-31(26(35)17-37-19(2)32,38-28(36)20-8-6-5-7-9-20)30(23,4)16-25(34)27(22)29(3)12-10-21(33)15-24(18)29/h5-10,12,15,18,22-23,25,27,34H,11,13-14,16-17H2,1-4H3/t18-,22-,23-,25-,27+,29-,30-,31-/m0/s1. The topological polar surface area (TPSA) is 107 Å². The number of rotatable bonds is 5. The first-order chi connectivity index (χ1) is 17.9. The quantitative estimate of drug-likeness (QED) is 0.579. The summed E-state index contributed by atoms with van der Waals surface area (Å²) < 4.78 is 11.3. The molecular weight excluding hydrogens is 484 g/mol. The summed E-state index contributed by atoms with van der Waals surface area (Å²) in [5, 5.41) is 11.8. The van der Waals surface area contributed by atoms with Crippen LogP contribution in [0.4, 0.5) is 0 Å². The maximum atomic E-state index is 13.9. The summed E-state index contributed by atoms with van der Waals surface area (Å²) in [6.45, 7) is 6.92. The van der Waals surface area contributed by atoms with E-state index in [4.69, 9.17) is 9.47 Å². The number of ether oxygens (including phenoxy) is 2. The summed E-state index contributed by atoms with van der Waals surface area (Å²) >= 11 is 0. The number of fused-ring (bicyclic) bond motifs is 5. The van der Waals surface area contributed by atoms with Crippen molar-refractivity contribution in [3.63, 3.8) is 0 Å². The lowest BCUT2D eigenvalue weighted by Gasteiger charge is -2.61. The molecule has 0 amide bonds. The Kier molecular flexibility index (Phi) is 6.49. The molecule has 3 saturated carbocycles.